The normalized spacial score (nSPS) is 25.3. The van der Waals surface area contributed by atoms with Gasteiger partial charge in [-0.25, -0.2) is 4.39 Å². The molecule has 0 unspecified atom stereocenters. The highest BCUT2D eigenvalue weighted by Gasteiger charge is 2.44. The Balaban J connectivity index is 1.60. The second-order valence-corrected chi connectivity index (χ2v) is 9.33. The molecule has 0 saturated carbocycles. The molecule has 0 aliphatic carbocycles. The van der Waals surface area contributed by atoms with Gasteiger partial charge in [0.05, 0.1) is 17.1 Å². The Hall–Kier alpha value is -2.52. The molecule has 8 heteroatoms. The quantitative estimate of drug-likeness (QED) is 0.355. The minimum Gasteiger partial charge on any atom is -0.394 e. The number of benzene rings is 3. The summed E-state index contributed by atoms with van der Waals surface area (Å²) in [6.07, 6.45) is -4.08. The van der Waals surface area contributed by atoms with Gasteiger partial charge in [-0.3, -0.25) is 0 Å². The van der Waals surface area contributed by atoms with Crippen LogP contribution in [0.3, 0.4) is 0 Å². The van der Waals surface area contributed by atoms with Crippen molar-refractivity contribution in [2.24, 2.45) is 0 Å². The molecule has 1 saturated heterocycles. The SMILES string of the molecule is Cc1cc(Cl)c2c(Cc3ccc4cc(F)ccc4c3)cn([C@@H]3O[C@H](CO)[C@@H](O)[C@H](O)[C@H]3O)c2c1. The van der Waals surface area contributed by atoms with E-state index in [2.05, 4.69) is 0 Å². The van der Waals surface area contributed by atoms with E-state index in [-0.39, 0.29) is 5.82 Å². The fourth-order valence-corrected chi connectivity index (χ4v) is 5.19. The molecular weight excluding hydrogens is 461 g/mol. The summed E-state index contributed by atoms with van der Waals surface area (Å²) in [5.41, 5.74) is 3.47. The summed E-state index contributed by atoms with van der Waals surface area (Å²) in [5, 5.41) is 43.9. The molecule has 34 heavy (non-hydrogen) atoms. The Labute approximate surface area is 200 Å². The maximum Gasteiger partial charge on any atom is 0.163 e. The van der Waals surface area contributed by atoms with Gasteiger partial charge < -0.3 is 29.7 Å². The van der Waals surface area contributed by atoms with Crippen molar-refractivity contribution < 1.29 is 29.6 Å². The minimum absolute atomic E-state index is 0.287. The number of aliphatic hydroxyl groups excluding tert-OH is 4. The van der Waals surface area contributed by atoms with Crippen LogP contribution in [0.15, 0.2) is 54.7 Å². The van der Waals surface area contributed by atoms with E-state index in [1.54, 1.807) is 10.6 Å². The van der Waals surface area contributed by atoms with Crippen molar-refractivity contribution in [2.45, 2.75) is 44.0 Å². The number of halogens is 2. The Bertz CT molecular complexity index is 1370. The summed E-state index contributed by atoms with van der Waals surface area (Å²) < 4.78 is 21.1. The molecule has 3 aromatic carbocycles. The summed E-state index contributed by atoms with van der Waals surface area (Å²) in [5.74, 6) is -0.287. The minimum atomic E-state index is -1.49. The third kappa shape index (κ3) is 3.98. The monoisotopic (exact) mass is 485 g/mol. The van der Waals surface area contributed by atoms with Gasteiger partial charge in [-0.15, -0.1) is 0 Å². The van der Waals surface area contributed by atoms with Gasteiger partial charge in [-0.2, -0.15) is 0 Å². The Morgan fingerprint density at radius 1 is 0.971 bits per heavy atom. The Kier molecular flexibility index (Phi) is 6.10. The molecule has 5 rings (SSSR count). The molecule has 5 atom stereocenters. The van der Waals surface area contributed by atoms with Gasteiger partial charge in [0.15, 0.2) is 6.23 Å². The predicted octanol–water partition coefficient (Wildman–Crippen LogP) is 3.46. The number of nitrogens with zero attached hydrogens (tertiary/aromatic N) is 1. The zero-order valence-corrected chi connectivity index (χ0v) is 19.2. The molecule has 0 radical (unpaired) electrons. The summed E-state index contributed by atoms with van der Waals surface area (Å²) in [4.78, 5) is 0. The number of aryl methyl sites for hydroxylation is 1. The number of aliphatic hydroxyl groups is 4. The van der Waals surface area contributed by atoms with Gasteiger partial charge in [-0.1, -0.05) is 35.9 Å². The number of ether oxygens (including phenoxy) is 1. The van der Waals surface area contributed by atoms with E-state index in [0.29, 0.717) is 17.0 Å². The van der Waals surface area contributed by atoms with Crippen LogP contribution in [0, 0.1) is 12.7 Å². The lowest BCUT2D eigenvalue weighted by Gasteiger charge is -2.40. The maximum absolute atomic E-state index is 13.6. The third-order valence-corrected chi connectivity index (χ3v) is 6.81. The smallest absolute Gasteiger partial charge is 0.163 e. The number of fused-ring (bicyclic) bond motifs is 2. The van der Waals surface area contributed by atoms with Crippen molar-refractivity contribution in [1.29, 1.82) is 0 Å². The second-order valence-electron chi connectivity index (χ2n) is 8.92. The van der Waals surface area contributed by atoms with Crippen LogP contribution in [0.2, 0.25) is 5.02 Å². The number of aromatic nitrogens is 1. The average Bonchev–Trinajstić information content (AvgIpc) is 3.15. The Morgan fingerprint density at radius 3 is 2.47 bits per heavy atom. The highest BCUT2D eigenvalue weighted by molar-refractivity contribution is 6.35. The van der Waals surface area contributed by atoms with Gasteiger partial charge in [-0.05, 0) is 65.1 Å². The topological polar surface area (TPSA) is 95.1 Å². The van der Waals surface area contributed by atoms with Crippen LogP contribution < -0.4 is 0 Å². The van der Waals surface area contributed by atoms with Crippen LogP contribution in [-0.4, -0.2) is 56.0 Å². The molecule has 1 aliphatic rings. The molecule has 1 fully saturated rings. The molecular formula is C26H25ClFNO5. The largest absolute Gasteiger partial charge is 0.394 e. The molecule has 6 nitrogen and oxygen atoms in total. The zero-order valence-electron chi connectivity index (χ0n) is 18.4. The summed E-state index contributed by atoms with van der Waals surface area (Å²) >= 11 is 6.65. The summed E-state index contributed by atoms with van der Waals surface area (Å²) in [6, 6.07) is 14.2. The first-order chi connectivity index (χ1) is 16.3. The van der Waals surface area contributed by atoms with E-state index in [1.165, 1.54) is 12.1 Å². The van der Waals surface area contributed by atoms with E-state index in [4.69, 9.17) is 16.3 Å². The van der Waals surface area contributed by atoms with E-state index in [1.807, 2.05) is 43.5 Å². The van der Waals surface area contributed by atoms with Gasteiger partial charge in [0.1, 0.15) is 30.2 Å². The van der Waals surface area contributed by atoms with Crippen molar-refractivity contribution in [3.05, 3.63) is 82.3 Å². The van der Waals surface area contributed by atoms with Crippen molar-refractivity contribution in [1.82, 2.24) is 4.57 Å². The van der Waals surface area contributed by atoms with Crippen molar-refractivity contribution >= 4 is 33.3 Å². The van der Waals surface area contributed by atoms with Crippen LogP contribution in [-0.2, 0) is 11.2 Å². The first-order valence-electron chi connectivity index (χ1n) is 11.0. The van der Waals surface area contributed by atoms with Crippen molar-refractivity contribution in [3.8, 4) is 0 Å². The van der Waals surface area contributed by atoms with Crippen LogP contribution >= 0.6 is 11.6 Å². The van der Waals surface area contributed by atoms with Gasteiger partial charge >= 0.3 is 0 Å². The second kappa shape index (κ2) is 8.92. The van der Waals surface area contributed by atoms with E-state index < -0.39 is 37.3 Å². The van der Waals surface area contributed by atoms with E-state index in [0.717, 1.165) is 32.8 Å². The Morgan fingerprint density at radius 2 is 1.71 bits per heavy atom. The summed E-state index contributed by atoms with van der Waals surface area (Å²) in [7, 11) is 0. The fourth-order valence-electron chi connectivity index (χ4n) is 4.80. The van der Waals surface area contributed by atoms with Crippen LogP contribution in [0.25, 0.3) is 21.7 Å². The molecule has 1 aliphatic heterocycles. The average molecular weight is 486 g/mol. The molecule has 2 heterocycles. The van der Waals surface area contributed by atoms with Crippen LogP contribution in [0.1, 0.15) is 22.9 Å². The van der Waals surface area contributed by atoms with Crippen molar-refractivity contribution in [3.63, 3.8) is 0 Å². The fraction of sp³-hybridized carbons (Fsp3) is 0.308. The van der Waals surface area contributed by atoms with Crippen molar-refractivity contribution in [2.75, 3.05) is 6.61 Å². The number of hydrogen-bond acceptors (Lipinski definition) is 5. The molecule has 4 aromatic rings. The van der Waals surface area contributed by atoms with E-state index >= 15 is 0 Å². The molecule has 0 spiro atoms. The molecule has 0 bridgehead atoms. The maximum atomic E-state index is 13.6. The third-order valence-electron chi connectivity index (χ3n) is 6.51. The first-order valence-corrected chi connectivity index (χ1v) is 11.4. The highest BCUT2D eigenvalue weighted by Crippen LogP contribution is 2.37. The van der Waals surface area contributed by atoms with E-state index in [9.17, 15) is 24.8 Å². The summed E-state index contributed by atoms with van der Waals surface area (Å²) in [6.45, 7) is 1.39. The van der Waals surface area contributed by atoms with Crippen LogP contribution in [0.4, 0.5) is 4.39 Å². The number of hydrogen-bond donors (Lipinski definition) is 4. The first kappa shape index (κ1) is 23.2. The molecule has 178 valence electrons. The van der Waals surface area contributed by atoms with Gasteiger partial charge in [0.25, 0.3) is 0 Å². The van der Waals surface area contributed by atoms with Gasteiger partial charge in [0.2, 0.25) is 0 Å². The lowest BCUT2D eigenvalue weighted by molar-refractivity contribution is -0.250. The lowest BCUT2D eigenvalue weighted by Crippen LogP contribution is -2.56. The van der Waals surface area contributed by atoms with Gasteiger partial charge in [0, 0.05) is 11.6 Å². The zero-order chi connectivity index (χ0) is 24.1. The molecule has 1 aromatic heterocycles. The predicted molar refractivity (Wildman–Crippen MR) is 127 cm³/mol. The molecule has 4 N–H and O–H groups in total. The number of rotatable bonds is 4. The lowest BCUT2D eigenvalue weighted by atomic mass is 9.98. The highest BCUT2D eigenvalue weighted by atomic mass is 35.5. The standard InChI is InChI=1S/C26H25ClFNO5/c1-13-6-19(27)22-17(9-14-2-3-16-10-18(28)5-4-15(16)8-14)11-29(20(22)7-13)26-25(33)24(32)23(31)21(12-30)34-26/h2-8,10-11,21,23-26,30-33H,9,12H2,1H3/t21-,23-,24+,25-,26-/m1/s1. The van der Waals surface area contributed by atoms with Crippen LogP contribution in [0.5, 0.6) is 0 Å². The molecule has 0 amide bonds.